The Morgan fingerprint density at radius 3 is 2.40 bits per heavy atom. The summed E-state index contributed by atoms with van der Waals surface area (Å²) in [5.41, 5.74) is 2.77. The minimum Gasteiger partial charge on any atom is -0.466 e. The molecule has 2 aromatic rings. The summed E-state index contributed by atoms with van der Waals surface area (Å²) in [5.74, 6) is -1.31. The van der Waals surface area contributed by atoms with E-state index in [1.165, 1.54) is 13.3 Å². The topological polar surface area (TPSA) is 81.5 Å². The molecule has 0 bridgehead atoms. The highest BCUT2D eigenvalue weighted by Gasteiger charge is 2.28. The fourth-order valence-electron chi connectivity index (χ4n) is 2.45. The molecular weight excluding hydrogens is 320 g/mol. The zero-order valence-electron chi connectivity index (χ0n) is 14.1. The zero-order valence-corrected chi connectivity index (χ0v) is 14.1. The minimum atomic E-state index is -0.707. The van der Waals surface area contributed by atoms with Crippen LogP contribution in [0.3, 0.4) is 0 Å². The molecule has 1 atom stereocenters. The van der Waals surface area contributed by atoms with Gasteiger partial charge in [0.2, 0.25) is 6.54 Å². The molecule has 2 rings (SSSR count). The van der Waals surface area contributed by atoms with Gasteiger partial charge in [0.15, 0.2) is 0 Å². The predicted octanol–water partition coefficient (Wildman–Crippen LogP) is 3.52. The number of benzene rings is 2. The fourth-order valence-corrected chi connectivity index (χ4v) is 2.45. The molecule has 0 aliphatic heterocycles. The number of hydrogen-bond donors (Lipinski definition) is 1. The van der Waals surface area contributed by atoms with E-state index in [1.54, 1.807) is 24.3 Å². The summed E-state index contributed by atoms with van der Waals surface area (Å²) in [4.78, 5) is 22.9. The van der Waals surface area contributed by atoms with Gasteiger partial charge in [-0.2, -0.15) is 0 Å². The molecule has 0 aliphatic rings. The highest BCUT2D eigenvalue weighted by molar-refractivity contribution is 5.90. The number of ether oxygens (including phenoxy) is 1. The molecule has 0 fully saturated rings. The maximum absolute atomic E-state index is 12.2. The second kappa shape index (κ2) is 8.63. The second-order valence-electron chi connectivity index (χ2n) is 5.58. The number of nitro groups is 1. The number of anilines is 1. The number of aryl methyl sites for hydroxylation is 1. The quantitative estimate of drug-likeness (QED) is 0.361. The molecule has 25 heavy (non-hydrogen) atoms. The number of esters is 1. The Balaban J connectivity index is 2.37. The lowest BCUT2D eigenvalue weighted by Crippen LogP contribution is -2.21. The van der Waals surface area contributed by atoms with Crippen LogP contribution in [0.15, 0.2) is 66.4 Å². The molecule has 2 aromatic carbocycles. The molecule has 0 aromatic heterocycles. The van der Waals surface area contributed by atoms with E-state index < -0.39 is 23.4 Å². The molecule has 130 valence electrons. The van der Waals surface area contributed by atoms with E-state index in [-0.39, 0.29) is 5.57 Å². The van der Waals surface area contributed by atoms with Crippen LogP contribution >= 0.6 is 0 Å². The molecule has 1 unspecified atom stereocenters. The Hall–Kier alpha value is -3.15. The summed E-state index contributed by atoms with van der Waals surface area (Å²) in [6.07, 6.45) is 1.48. The maximum Gasteiger partial charge on any atom is 0.336 e. The lowest BCUT2D eigenvalue weighted by Gasteiger charge is -2.16. The molecule has 0 amide bonds. The summed E-state index contributed by atoms with van der Waals surface area (Å²) in [7, 11) is 1.26. The second-order valence-corrected chi connectivity index (χ2v) is 5.58. The summed E-state index contributed by atoms with van der Waals surface area (Å²) in [5, 5.41) is 14.1. The molecule has 0 saturated heterocycles. The Morgan fingerprint density at radius 1 is 1.20 bits per heavy atom. The molecule has 0 spiro atoms. The molecule has 0 heterocycles. The first-order chi connectivity index (χ1) is 12.0. The highest BCUT2D eigenvalue weighted by atomic mass is 16.6. The average molecular weight is 340 g/mol. The van der Waals surface area contributed by atoms with Crippen molar-refractivity contribution in [3.8, 4) is 0 Å². The van der Waals surface area contributed by atoms with E-state index in [9.17, 15) is 14.9 Å². The van der Waals surface area contributed by atoms with Crippen molar-refractivity contribution >= 4 is 11.7 Å². The Labute approximate surface area is 146 Å². The van der Waals surface area contributed by atoms with Crippen LogP contribution in [0.2, 0.25) is 0 Å². The van der Waals surface area contributed by atoms with Crippen molar-refractivity contribution in [2.45, 2.75) is 12.8 Å². The SMILES string of the molecule is COC(=O)/C(=C\Nc1ccc(C)cc1)C(C[N+](=O)[O-])c1ccccc1. The van der Waals surface area contributed by atoms with E-state index in [0.29, 0.717) is 5.56 Å². The Bertz CT molecular complexity index is 755. The van der Waals surface area contributed by atoms with Gasteiger partial charge in [0.25, 0.3) is 0 Å². The van der Waals surface area contributed by atoms with E-state index >= 15 is 0 Å². The Morgan fingerprint density at radius 2 is 1.84 bits per heavy atom. The third-order valence-corrected chi connectivity index (χ3v) is 3.78. The maximum atomic E-state index is 12.2. The normalized spacial score (nSPS) is 12.3. The molecule has 1 N–H and O–H groups in total. The number of hydrogen-bond acceptors (Lipinski definition) is 5. The van der Waals surface area contributed by atoms with Crippen molar-refractivity contribution in [2.24, 2.45) is 0 Å². The summed E-state index contributed by atoms with van der Waals surface area (Å²) < 4.78 is 4.83. The van der Waals surface area contributed by atoms with Gasteiger partial charge in [0.05, 0.1) is 18.6 Å². The monoisotopic (exact) mass is 340 g/mol. The third-order valence-electron chi connectivity index (χ3n) is 3.78. The largest absolute Gasteiger partial charge is 0.466 e. The number of rotatable bonds is 7. The Kier molecular flexibility index (Phi) is 6.28. The molecule has 0 saturated carbocycles. The lowest BCUT2D eigenvalue weighted by atomic mass is 9.91. The first-order valence-corrected chi connectivity index (χ1v) is 7.79. The van der Waals surface area contributed by atoms with Gasteiger partial charge in [0.1, 0.15) is 0 Å². The third kappa shape index (κ3) is 5.17. The van der Waals surface area contributed by atoms with Gasteiger partial charge >= 0.3 is 5.97 Å². The summed E-state index contributed by atoms with van der Waals surface area (Å²) in [6, 6.07) is 16.5. The van der Waals surface area contributed by atoms with Gasteiger partial charge in [-0.3, -0.25) is 10.1 Å². The summed E-state index contributed by atoms with van der Waals surface area (Å²) in [6.45, 7) is 1.57. The molecule has 6 nitrogen and oxygen atoms in total. The lowest BCUT2D eigenvalue weighted by molar-refractivity contribution is -0.481. The molecular formula is C19H20N2O4. The van der Waals surface area contributed by atoms with E-state index in [0.717, 1.165) is 11.3 Å². The van der Waals surface area contributed by atoms with Crippen molar-refractivity contribution in [3.05, 3.63) is 87.6 Å². The van der Waals surface area contributed by atoms with Crippen LogP contribution in [0.1, 0.15) is 17.0 Å². The first kappa shape index (κ1) is 18.2. The number of carbonyl (C=O) groups is 1. The van der Waals surface area contributed by atoms with Crippen molar-refractivity contribution in [2.75, 3.05) is 19.0 Å². The van der Waals surface area contributed by atoms with Gasteiger partial charge in [-0.15, -0.1) is 0 Å². The average Bonchev–Trinajstić information content (AvgIpc) is 2.62. The van der Waals surface area contributed by atoms with Crippen molar-refractivity contribution in [1.82, 2.24) is 0 Å². The number of carbonyl (C=O) groups excluding carboxylic acids is 1. The molecule has 0 radical (unpaired) electrons. The van der Waals surface area contributed by atoms with Crippen LogP contribution in [0.5, 0.6) is 0 Å². The molecule has 0 aliphatic carbocycles. The predicted molar refractivity (Wildman–Crippen MR) is 95.9 cm³/mol. The van der Waals surface area contributed by atoms with E-state index in [4.69, 9.17) is 4.74 Å². The van der Waals surface area contributed by atoms with E-state index in [1.807, 2.05) is 37.3 Å². The van der Waals surface area contributed by atoms with Crippen LogP contribution in [0.4, 0.5) is 5.69 Å². The number of methoxy groups -OCH3 is 1. The van der Waals surface area contributed by atoms with Gasteiger partial charge in [-0.25, -0.2) is 4.79 Å². The van der Waals surface area contributed by atoms with Crippen LogP contribution in [0.25, 0.3) is 0 Å². The number of nitrogens with zero attached hydrogens (tertiary/aromatic N) is 1. The number of nitrogens with one attached hydrogen (secondary N) is 1. The van der Waals surface area contributed by atoms with Crippen LogP contribution in [0, 0.1) is 17.0 Å². The van der Waals surface area contributed by atoms with Crippen LogP contribution in [-0.2, 0) is 9.53 Å². The van der Waals surface area contributed by atoms with Crippen molar-refractivity contribution in [3.63, 3.8) is 0 Å². The van der Waals surface area contributed by atoms with Crippen molar-refractivity contribution < 1.29 is 14.5 Å². The van der Waals surface area contributed by atoms with Crippen molar-refractivity contribution in [1.29, 1.82) is 0 Å². The van der Waals surface area contributed by atoms with Gasteiger partial charge in [0, 0.05) is 16.8 Å². The smallest absolute Gasteiger partial charge is 0.336 e. The highest BCUT2D eigenvalue weighted by Crippen LogP contribution is 2.26. The standard InChI is InChI=1S/C19H20N2O4/c1-14-8-10-16(11-9-14)20-12-17(19(22)25-2)18(13-21(23)24)15-6-4-3-5-7-15/h3-12,18,20H,13H2,1-2H3/b17-12-. The van der Waals surface area contributed by atoms with Gasteiger partial charge in [-0.1, -0.05) is 48.0 Å². The van der Waals surface area contributed by atoms with E-state index in [2.05, 4.69) is 5.32 Å². The van der Waals surface area contributed by atoms with Gasteiger partial charge in [-0.05, 0) is 24.6 Å². The zero-order chi connectivity index (χ0) is 18.2. The minimum absolute atomic E-state index is 0.200. The first-order valence-electron chi connectivity index (χ1n) is 7.79. The fraction of sp³-hybridized carbons (Fsp3) is 0.211. The van der Waals surface area contributed by atoms with Crippen LogP contribution in [-0.4, -0.2) is 24.5 Å². The summed E-state index contributed by atoms with van der Waals surface area (Å²) >= 11 is 0. The molecule has 6 heteroatoms. The van der Waals surface area contributed by atoms with Crippen LogP contribution < -0.4 is 5.32 Å². The van der Waals surface area contributed by atoms with Gasteiger partial charge < -0.3 is 10.1 Å².